The summed E-state index contributed by atoms with van der Waals surface area (Å²) in [6, 6.07) is 4.06. The van der Waals surface area contributed by atoms with Gasteiger partial charge in [-0.25, -0.2) is 4.39 Å². The van der Waals surface area contributed by atoms with Crippen LogP contribution in [0, 0.1) is 5.82 Å². The molecule has 0 saturated carbocycles. The van der Waals surface area contributed by atoms with Gasteiger partial charge in [0.05, 0.1) is 5.69 Å². The van der Waals surface area contributed by atoms with Gasteiger partial charge < -0.3 is 5.32 Å². The highest BCUT2D eigenvalue weighted by molar-refractivity contribution is 9.10. The summed E-state index contributed by atoms with van der Waals surface area (Å²) in [5, 5.41) is 2.69. The number of amides is 2. The lowest BCUT2D eigenvalue weighted by Gasteiger charge is -2.39. The largest absolute Gasteiger partial charge is 0.340 e. The van der Waals surface area contributed by atoms with E-state index in [0.29, 0.717) is 16.6 Å². The Morgan fingerprint density at radius 2 is 2.16 bits per heavy atom. The number of benzene rings is 1. The summed E-state index contributed by atoms with van der Waals surface area (Å²) < 4.78 is 13.9. The molecule has 2 amide bonds. The molecule has 1 aliphatic rings. The summed E-state index contributed by atoms with van der Waals surface area (Å²) in [6.07, 6.45) is 0.473. The van der Waals surface area contributed by atoms with Gasteiger partial charge in [0.1, 0.15) is 17.9 Å². The minimum absolute atomic E-state index is 0.101. The maximum Gasteiger partial charge on any atom is 0.252 e. The van der Waals surface area contributed by atoms with Gasteiger partial charge in [-0.05, 0) is 47.5 Å². The molecule has 0 bridgehead atoms. The number of hydrogen-bond acceptors (Lipinski definition) is 2. The van der Waals surface area contributed by atoms with Crippen molar-refractivity contribution in [1.29, 1.82) is 0 Å². The SMILES string of the molecule is CCC1(C)NC(=O)CN(c2cc(F)ccc2Br)C1=O. The zero-order valence-electron chi connectivity index (χ0n) is 10.7. The molecule has 0 radical (unpaired) electrons. The predicted molar refractivity (Wildman–Crippen MR) is 73.3 cm³/mol. The molecule has 1 aromatic carbocycles. The van der Waals surface area contributed by atoms with Crippen LogP contribution in [-0.2, 0) is 9.59 Å². The fourth-order valence-corrected chi connectivity index (χ4v) is 2.50. The first kappa shape index (κ1) is 14.0. The van der Waals surface area contributed by atoms with Crippen LogP contribution in [0.4, 0.5) is 10.1 Å². The number of hydrogen-bond donors (Lipinski definition) is 1. The van der Waals surface area contributed by atoms with Gasteiger partial charge in [-0.3, -0.25) is 14.5 Å². The Bertz CT molecular complexity index is 549. The third-order valence-corrected chi connectivity index (χ3v) is 4.01. The highest BCUT2D eigenvalue weighted by Crippen LogP contribution is 2.31. The van der Waals surface area contributed by atoms with Crippen LogP contribution in [0.1, 0.15) is 20.3 Å². The van der Waals surface area contributed by atoms with Crippen LogP contribution in [0.15, 0.2) is 22.7 Å². The smallest absolute Gasteiger partial charge is 0.252 e. The van der Waals surface area contributed by atoms with Gasteiger partial charge in [-0.1, -0.05) is 6.92 Å². The Labute approximate surface area is 119 Å². The van der Waals surface area contributed by atoms with E-state index in [1.165, 1.54) is 23.1 Å². The van der Waals surface area contributed by atoms with Crippen molar-refractivity contribution >= 4 is 33.4 Å². The van der Waals surface area contributed by atoms with Crippen LogP contribution in [0.2, 0.25) is 0 Å². The van der Waals surface area contributed by atoms with Crippen molar-refractivity contribution in [3.8, 4) is 0 Å². The van der Waals surface area contributed by atoms with Crippen molar-refractivity contribution < 1.29 is 14.0 Å². The molecule has 1 saturated heterocycles. The lowest BCUT2D eigenvalue weighted by molar-refractivity contribution is -0.135. The second-order valence-electron chi connectivity index (χ2n) is 4.72. The summed E-state index contributed by atoms with van der Waals surface area (Å²) in [5.74, 6) is -0.934. The second kappa shape index (κ2) is 4.92. The number of nitrogens with zero attached hydrogens (tertiary/aromatic N) is 1. The van der Waals surface area contributed by atoms with Crippen molar-refractivity contribution in [3.63, 3.8) is 0 Å². The van der Waals surface area contributed by atoms with E-state index in [9.17, 15) is 14.0 Å². The summed E-state index contributed by atoms with van der Waals surface area (Å²) in [6.45, 7) is 3.39. The average molecular weight is 329 g/mol. The molecular weight excluding hydrogens is 315 g/mol. The standard InChI is InChI=1S/C13H14BrFN2O2/c1-3-13(2)12(19)17(7-11(18)16-13)10-6-8(15)4-5-9(10)14/h4-6H,3,7H2,1-2H3,(H,16,18). The second-order valence-corrected chi connectivity index (χ2v) is 5.58. The van der Waals surface area contributed by atoms with Crippen LogP contribution in [0.3, 0.4) is 0 Å². The monoisotopic (exact) mass is 328 g/mol. The quantitative estimate of drug-likeness (QED) is 0.905. The molecule has 4 nitrogen and oxygen atoms in total. The maximum absolute atomic E-state index is 13.3. The van der Waals surface area contributed by atoms with E-state index in [4.69, 9.17) is 0 Å². The molecule has 6 heteroatoms. The number of nitrogens with one attached hydrogen (secondary N) is 1. The molecule has 2 rings (SSSR count). The molecule has 1 N–H and O–H groups in total. The fraction of sp³-hybridized carbons (Fsp3) is 0.385. The molecule has 0 aliphatic carbocycles. The zero-order valence-corrected chi connectivity index (χ0v) is 12.3. The van der Waals surface area contributed by atoms with E-state index in [0.717, 1.165) is 0 Å². The van der Waals surface area contributed by atoms with Crippen LogP contribution in [0.25, 0.3) is 0 Å². The Kier molecular flexibility index (Phi) is 3.62. The van der Waals surface area contributed by atoms with Crippen molar-refractivity contribution in [2.45, 2.75) is 25.8 Å². The molecule has 1 unspecified atom stereocenters. The number of carbonyl (C=O) groups is 2. The van der Waals surface area contributed by atoms with E-state index in [1.807, 2.05) is 6.92 Å². The Hall–Kier alpha value is -1.43. The molecule has 1 heterocycles. The van der Waals surface area contributed by atoms with Crippen molar-refractivity contribution in [2.75, 3.05) is 11.4 Å². The first-order chi connectivity index (χ1) is 8.87. The van der Waals surface area contributed by atoms with Gasteiger partial charge in [0.2, 0.25) is 5.91 Å². The molecule has 1 atom stereocenters. The Morgan fingerprint density at radius 3 is 2.79 bits per heavy atom. The van der Waals surface area contributed by atoms with Crippen molar-refractivity contribution in [2.24, 2.45) is 0 Å². The minimum atomic E-state index is -0.943. The number of carbonyl (C=O) groups excluding carboxylic acids is 2. The van der Waals surface area contributed by atoms with Gasteiger partial charge >= 0.3 is 0 Å². The number of anilines is 1. The zero-order chi connectivity index (χ0) is 14.2. The van der Waals surface area contributed by atoms with Crippen LogP contribution >= 0.6 is 15.9 Å². The Morgan fingerprint density at radius 1 is 1.47 bits per heavy atom. The summed E-state index contributed by atoms with van der Waals surface area (Å²) >= 11 is 3.28. The Balaban J connectivity index is 2.46. The molecule has 0 spiro atoms. The lowest BCUT2D eigenvalue weighted by atomic mass is 9.94. The summed E-state index contributed by atoms with van der Waals surface area (Å²) in [4.78, 5) is 25.5. The predicted octanol–water partition coefficient (Wildman–Crippen LogP) is 2.22. The van der Waals surface area contributed by atoms with Gasteiger partial charge in [-0.15, -0.1) is 0 Å². The van der Waals surface area contributed by atoms with Crippen molar-refractivity contribution in [3.05, 3.63) is 28.5 Å². The highest BCUT2D eigenvalue weighted by atomic mass is 79.9. The van der Waals surface area contributed by atoms with E-state index in [-0.39, 0.29) is 18.4 Å². The molecular formula is C13H14BrFN2O2. The third-order valence-electron chi connectivity index (χ3n) is 3.34. The summed E-state index contributed by atoms with van der Waals surface area (Å²) in [5.41, 5.74) is -0.569. The van der Waals surface area contributed by atoms with Gasteiger partial charge in [0, 0.05) is 4.47 Å². The molecule has 1 aliphatic heterocycles. The number of halogens is 2. The summed E-state index contributed by atoms with van der Waals surface area (Å²) in [7, 11) is 0. The van der Waals surface area contributed by atoms with Gasteiger partial charge in [-0.2, -0.15) is 0 Å². The molecule has 19 heavy (non-hydrogen) atoms. The molecule has 1 fully saturated rings. The van der Waals surface area contributed by atoms with E-state index in [2.05, 4.69) is 21.2 Å². The maximum atomic E-state index is 13.3. The molecule has 102 valence electrons. The molecule has 0 aromatic heterocycles. The average Bonchev–Trinajstić information content (AvgIpc) is 2.37. The van der Waals surface area contributed by atoms with E-state index < -0.39 is 11.4 Å². The van der Waals surface area contributed by atoms with Crippen LogP contribution in [-0.4, -0.2) is 23.9 Å². The number of piperazine rings is 1. The highest BCUT2D eigenvalue weighted by Gasteiger charge is 2.42. The van der Waals surface area contributed by atoms with Crippen LogP contribution in [0.5, 0.6) is 0 Å². The van der Waals surface area contributed by atoms with Gasteiger partial charge in [0.25, 0.3) is 5.91 Å². The fourth-order valence-electron chi connectivity index (χ4n) is 2.04. The van der Waals surface area contributed by atoms with Gasteiger partial charge in [0.15, 0.2) is 0 Å². The first-order valence-electron chi connectivity index (χ1n) is 5.95. The van der Waals surface area contributed by atoms with E-state index >= 15 is 0 Å². The normalized spacial score (nSPS) is 23.5. The molecule has 1 aromatic rings. The topological polar surface area (TPSA) is 49.4 Å². The first-order valence-corrected chi connectivity index (χ1v) is 6.74. The van der Waals surface area contributed by atoms with E-state index in [1.54, 1.807) is 6.92 Å². The van der Waals surface area contributed by atoms with Crippen LogP contribution < -0.4 is 10.2 Å². The third kappa shape index (κ3) is 2.49. The lowest BCUT2D eigenvalue weighted by Crippen LogP contribution is -2.65. The minimum Gasteiger partial charge on any atom is -0.340 e. The van der Waals surface area contributed by atoms with Crippen molar-refractivity contribution in [1.82, 2.24) is 5.32 Å². The number of rotatable bonds is 2.